The number of hydrogen-bond acceptors (Lipinski definition) is 2. The number of rotatable bonds is 2. The number of esters is 1. The van der Waals surface area contributed by atoms with Crippen LogP contribution in [0.1, 0.15) is 15.9 Å². The number of methoxy groups -OCH3 is 1. The zero-order valence-electron chi connectivity index (χ0n) is 7.31. The Morgan fingerprint density at radius 2 is 2.21 bits per heavy atom. The zero-order valence-corrected chi connectivity index (χ0v) is 10.4. The molecule has 1 aromatic carbocycles. The Bertz CT molecular complexity index is 366. The number of ether oxygens (including phenoxy) is 1. The number of hydrogen-bond donors (Lipinski definition) is 0. The first-order valence-electron chi connectivity index (χ1n) is 3.72. The van der Waals surface area contributed by atoms with E-state index in [4.69, 9.17) is 23.2 Å². The maximum absolute atomic E-state index is 11.3. The summed E-state index contributed by atoms with van der Waals surface area (Å²) in [5, 5.41) is 0.522. The second kappa shape index (κ2) is 5.01. The van der Waals surface area contributed by atoms with E-state index in [9.17, 15) is 4.79 Å². The van der Waals surface area contributed by atoms with Gasteiger partial charge in [0.15, 0.2) is 0 Å². The lowest BCUT2D eigenvalue weighted by molar-refractivity contribution is 0.0599. The van der Waals surface area contributed by atoms with Crippen LogP contribution in [-0.4, -0.2) is 13.1 Å². The van der Waals surface area contributed by atoms with E-state index in [2.05, 4.69) is 20.7 Å². The molecule has 0 unspecified atom stereocenters. The van der Waals surface area contributed by atoms with Gasteiger partial charge < -0.3 is 4.74 Å². The summed E-state index contributed by atoms with van der Waals surface area (Å²) in [5.74, 6) is -0.199. The molecular weight excluding hydrogens is 291 g/mol. The smallest absolute Gasteiger partial charge is 0.338 e. The van der Waals surface area contributed by atoms with Gasteiger partial charge >= 0.3 is 5.97 Å². The topological polar surface area (TPSA) is 26.3 Å². The summed E-state index contributed by atoms with van der Waals surface area (Å²) >= 11 is 14.8. The highest BCUT2D eigenvalue weighted by Gasteiger charge is 2.13. The highest BCUT2D eigenvalue weighted by molar-refractivity contribution is 9.10. The highest BCUT2D eigenvalue weighted by atomic mass is 79.9. The molecule has 0 saturated carbocycles. The summed E-state index contributed by atoms with van der Waals surface area (Å²) in [5.41, 5.74) is 1.09. The summed E-state index contributed by atoms with van der Waals surface area (Å²) in [6.07, 6.45) is 0. The first-order valence-corrected chi connectivity index (χ1v) is 5.43. The van der Waals surface area contributed by atoms with Gasteiger partial charge in [0.2, 0.25) is 0 Å². The van der Waals surface area contributed by atoms with Gasteiger partial charge in [-0.2, -0.15) is 0 Å². The van der Waals surface area contributed by atoms with Crippen molar-refractivity contribution in [3.8, 4) is 0 Å². The molecule has 0 fully saturated rings. The molecule has 1 rings (SSSR count). The van der Waals surface area contributed by atoms with Crippen molar-refractivity contribution in [1.29, 1.82) is 0 Å². The Labute approximate surface area is 100 Å². The highest BCUT2D eigenvalue weighted by Crippen LogP contribution is 2.27. The second-order valence-electron chi connectivity index (χ2n) is 2.55. The maximum atomic E-state index is 11.3. The zero-order chi connectivity index (χ0) is 10.7. The van der Waals surface area contributed by atoms with Crippen LogP contribution in [0.4, 0.5) is 0 Å². The number of carbonyl (C=O) groups is 1. The Balaban J connectivity index is 3.27. The van der Waals surface area contributed by atoms with Gasteiger partial charge in [-0.1, -0.05) is 11.6 Å². The fourth-order valence-electron chi connectivity index (χ4n) is 0.999. The van der Waals surface area contributed by atoms with E-state index in [0.29, 0.717) is 20.6 Å². The van der Waals surface area contributed by atoms with Crippen LogP contribution < -0.4 is 0 Å². The number of alkyl halides is 1. The minimum atomic E-state index is -0.419. The van der Waals surface area contributed by atoms with E-state index in [1.165, 1.54) is 7.11 Å². The summed E-state index contributed by atoms with van der Waals surface area (Å²) in [6.45, 7) is 0. The molecule has 0 heterocycles. The Hall–Kier alpha value is -0.250. The van der Waals surface area contributed by atoms with Gasteiger partial charge in [0.1, 0.15) is 0 Å². The van der Waals surface area contributed by atoms with Gasteiger partial charge in [-0.05, 0) is 33.6 Å². The maximum Gasteiger partial charge on any atom is 0.338 e. The van der Waals surface area contributed by atoms with Crippen LogP contribution in [0, 0.1) is 0 Å². The average molecular weight is 298 g/mol. The van der Waals surface area contributed by atoms with Gasteiger partial charge in [0, 0.05) is 10.4 Å². The summed E-state index contributed by atoms with van der Waals surface area (Å²) in [6, 6.07) is 3.25. The normalized spacial score (nSPS) is 10.0. The van der Waals surface area contributed by atoms with Crippen LogP contribution in [0.2, 0.25) is 5.02 Å². The van der Waals surface area contributed by atoms with E-state index < -0.39 is 5.97 Å². The molecule has 0 aliphatic heterocycles. The number of benzene rings is 1. The van der Waals surface area contributed by atoms with Crippen LogP contribution in [-0.2, 0) is 10.6 Å². The molecule has 0 aliphatic rings. The van der Waals surface area contributed by atoms with Gasteiger partial charge in [0.05, 0.1) is 17.7 Å². The fourth-order valence-corrected chi connectivity index (χ4v) is 1.75. The molecule has 0 atom stereocenters. The van der Waals surface area contributed by atoms with Crippen molar-refractivity contribution in [2.75, 3.05) is 7.11 Å². The Morgan fingerprint density at radius 1 is 1.57 bits per heavy atom. The van der Waals surface area contributed by atoms with Crippen molar-refractivity contribution in [3.63, 3.8) is 0 Å². The molecule has 0 aromatic heterocycles. The van der Waals surface area contributed by atoms with Crippen molar-refractivity contribution in [2.45, 2.75) is 5.88 Å². The third-order valence-electron chi connectivity index (χ3n) is 1.70. The van der Waals surface area contributed by atoms with Crippen LogP contribution in [0.25, 0.3) is 0 Å². The molecule has 5 heteroatoms. The van der Waals surface area contributed by atoms with Gasteiger partial charge in [-0.15, -0.1) is 11.6 Å². The standard InChI is InChI=1S/C9H7BrCl2O2/c1-14-9(13)6-3-7(10)8(12)2-5(6)4-11/h2-3H,4H2,1H3. The largest absolute Gasteiger partial charge is 0.465 e. The predicted molar refractivity (Wildman–Crippen MR) is 60.0 cm³/mol. The molecule has 0 radical (unpaired) electrons. The third kappa shape index (κ3) is 2.41. The summed E-state index contributed by atoms with van der Waals surface area (Å²) in [4.78, 5) is 11.3. The molecule has 0 saturated heterocycles. The molecule has 0 N–H and O–H groups in total. The summed E-state index contributed by atoms with van der Waals surface area (Å²) in [7, 11) is 1.32. The van der Waals surface area contributed by atoms with Gasteiger partial charge in [-0.3, -0.25) is 0 Å². The molecule has 0 spiro atoms. The Morgan fingerprint density at radius 3 is 2.71 bits per heavy atom. The number of halogens is 3. The van der Waals surface area contributed by atoms with Crippen LogP contribution in [0.15, 0.2) is 16.6 Å². The molecule has 0 amide bonds. The van der Waals surface area contributed by atoms with Crippen LogP contribution >= 0.6 is 39.1 Å². The monoisotopic (exact) mass is 296 g/mol. The van der Waals surface area contributed by atoms with Gasteiger partial charge in [0.25, 0.3) is 0 Å². The van der Waals surface area contributed by atoms with Crippen LogP contribution in [0.5, 0.6) is 0 Å². The molecule has 0 aliphatic carbocycles. The van der Waals surface area contributed by atoms with E-state index in [0.717, 1.165) is 0 Å². The fraction of sp³-hybridized carbons (Fsp3) is 0.222. The minimum absolute atomic E-state index is 0.220. The van der Waals surface area contributed by atoms with Crippen molar-refractivity contribution < 1.29 is 9.53 Å². The van der Waals surface area contributed by atoms with Crippen molar-refractivity contribution in [2.24, 2.45) is 0 Å². The van der Waals surface area contributed by atoms with Crippen molar-refractivity contribution >= 4 is 45.1 Å². The quantitative estimate of drug-likeness (QED) is 0.615. The predicted octanol–water partition coefficient (Wildman–Crippen LogP) is 3.63. The molecule has 14 heavy (non-hydrogen) atoms. The molecule has 2 nitrogen and oxygen atoms in total. The van der Waals surface area contributed by atoms with E-state index in [-0.39, 0.29) is 5.88 Å². The van der Waals surface area contributed by atoms with Crippen LogP contribution in [0.3, 0.4) is 0 Å². The first-order chi connectivity index (χ1) is 6.60. The lowest BCUT2D eigenvalue weighted by atomic mass is 10.1. The molecular formula is C9H7BrCl2O2. The van der Waals surface area contributed by atoms with Crippen molar-refractivity contribution in [3.05, 3.63) is 32.8 Å². The average Bonchev–Trinajstić information content (AvgIpc) is 2.20. The lowest BCUT2D eigenvalue weighted by Crippen LogP contribution is -2.05. The number of carbonyl (C=O) groups excluding carboxylic acids is 1. The summed E-state index contributed by atoms with van der Waals surface area (Å²) < 4.78 is 5.26. The second-order valence-corrected chi connectivity index (χ2v) is 4.08. The molecule has 76 valence electrons. The third-order valence-corrected chi connectivity index (χ3v) is 3.18. The van der Waals surface area contributed by atoms with E-state index >= 15 is 0 Å². The SMILES string of the molecule is COC(=O)c1cc(Br)c(Cl)cc1CCl. The van der Waals surface area contributed by atoms with Gasteiger partial charge in [-0.25, -0.2) is 4.79 Å². The minimum Gasteiger partial charge on any atom is -0.465 e. The Kier molecular flexibility index (Phi) is 4.23. The molecule has 0 bridgehead atoms. The first kappa shape index (κ1) is 11.8. The van der Waals surface area contributed by atoms with E-state index in [1.807, 2.05) is 0 Å². The lowest BCUT2D eigenvalue weighted by Gasteiger charge is -2.06. The molecule has 1 aromatic rings. The van der Waals surface area contributed by atoms with E-state index in [1.54, 1.807) is 12.1 Å². The van der Waals surface area contributed by atoms with Crippen molar-refractivity contribution in [1.82, 2.24) is 0 Å².